The van der Waals surface area contributed by atoms with Crippen LogP contribution in [-0.4, -0.2) is 45.5 Å². The number of carbonyl (C=O) groups is 1. The molecule has 0 aromatic heterocycles. The van der Waals surface area contributed by atoms with E-state index in [9.17, 15) is 13.2 Å². The zero-order valence-electron chi connectivity index (χ0n) is 11.2. The van der Waals surface area contributed by atoms with Crippen LogP contribution < -0.4 is 15.2 Å². The van der Waals surface area contributed by atoms with Gasteiger partial charge >= 0.3 is 0 Å². The van der Waals surface area contributed by atoms with Crippen LogP contribution in [0.15, 0.2) is 18.2 Å². The van der Waals surface area contributed by atoms with Gasteiger partial charge in [-0.05, 0) is 24.6 Å². The highest BCUT2D eigenvalue weighted by molar-refractivity contribution is 7.90. The summed E-state index contributed by atoms with van der Waals surface area (Å²) >= 11 is 0. The van der Waals surface area contributed by atoms with Gasteiger partial charge in [-0.2, -0.15) is 0 Å². The van der Waals surface area contributed by atoms with E-state index in [0.717, 1.165) is 6.26 Å². The molecule has 0 saturated heterocycles. The molecule has 0 bridgehead atoms. The lowest BCUT2D eigenvalue weighted by Gasteiger charge is -2.19. The molecule has 1 heterocycles. The molecule has 2 rings (SSSR count). The quantitative estimate of drug-likeness (QED) is 0.791. The molecule has 7 heteroatoms. The maximum absolute atomic E-state index is 12.1. The molecule has 0 spiro atoms. The Bertz CT molecular complexity index is 611. The van der Waals surface area contributed by atoms with E-state index in [4.69, 9.17) is 15.2 Å². The van der Waals surface area contributed by atoms with Crippen molar-refractivity contribution in [3.05, 3.63) is 23.8 Å². The predicted octanol–water partition coefficient (Wildman–Crippen LogP) is 0.403. The van der Waals surface area contributed by atoms with E-state index in [1.165, 1.54) is 0 Å². The Balaban J connectivity index is 2.08. The Hall–Kier alpha value is -1.60. The summed E-state index contributed by atoms with van der Waals surface area (Å²) in [6, 6.07) is 4.01. The minimum atomic E-state index is -3.13. The van der Waals surface area contributed by atoms with Gasteiger partial charge < -0.3 is 15.2 Å². The summed E-state index contributed by atoms with van der Waals surface area (Å²) in [5.74, 6) is 0.699. The van der Waals surface area contributed by atoms with E-state index in [2.05, 4.69) is 0 Å². The molecule has 0 aliphatic carbocycles. The summed E-state index contributed by atoms with van der Waals surface area (Å²) in [4.78, 5) is 12.1. The first-order chi connectivity index (χ1) is 9.37. The molecule has 1 atom stereocenters. The lowest BCUT2D eigenvalue weighted by molar-refractivity contribution is 0.0958. The highest BCUT2D eigenvalue weighted by Gasteiger charge is 2.20. The van der Waals surface area contributed by atoms with Gasteiger partial charge in [-0.15, -0.1) is 0 Å². The number of hydrogen-bond donors (Lipinski definition) is 1. The Morgan fingerprint density at radius 1 is 1.30 bits per heavy atom. The van der Waals surface area contributed by atoms with E-state index in [-0.39, 0.29) is 18.0 Å². The maximum Gasteiger partial charge on any atom is 0.179 e. The van der Waals surface area contributed by atoms with Crippen LogP contribution in [0.1, 0.15) is 16.8 Å². The summed E-state index contributed by atoms with van der Waals surface area (Å²) < 4.78 is 32.9. The van der Waals surface area contributed by atoms with Crippen molar-refractivity contribution in [2.24, 2.45) is 5.73 Å². The van der Waals surface area contributed by atoms with Crippen molar-refractivity contribution < 1.29 is 22.7 Å². The number of Topliss-reactive ketones (excluding diaryl/α,β-unsaturated/α-hetero) is 1. The standard InChI is InChI=1S/C13H17NO5S/c1-20(16,17)7-4-10(14)13(15)9-2-3-11-12(8-9)19-6-5-18-11/h2-3,8,10H,4-7,14H2,1H3. The van der Waals surface area contributed by atoms with E-state index in [0.29, 0.717) is 30.3 Å². The molecule has 1 unspecified atom stereocenters. The zero-order valence-corrected chi connectivity index (χ0v) is 12.0. The number of ether oxygens (including phenoxy) is 2. The van der Waals surface area contributed by atoms with Crippen molar-refractivity contribution in [3.8, 4) is 11.5 Å². The van der Waals surface area contributed by atoms with Crippen LogP contribution in [0.3, 0.4) is 0 Å². The van der Waals surface area contributed by atoms with Gasteiger partial charge in [0.2, 0.25) is 0 Å². The Kier molecular flexibility index (Phi) is 4.29. The molecule has 1 aromatic rings. The van der Waals surface area contributed by atoms with Gasteiger partial charge in [0.1, 0.15) is 23.1 Å². The summed E-state index contributed by atoms with van der Waals surface area (Å²) in [5, 5.41) is 0. The predicted molar refractivity (Wildman–Crippen MR) is 74.1 cm³/mol. The minimum absolute atomic E-state index is 0.103. The first-order valence-corrected chi connectivity index (χ1v) is 8.30. The molecule has 1 aromatic carbocycles. The van der Waals surface area contributed by atoms with Crippen LogP contribution in [0.5, 0.6) is 11.5 Å². The zero-order chi connectivity index (χ0) is 14.8. The number of benzene rings is 1. The van der Waals surface area contributed by atoms with E-state index >= 15 is 0 Å². The van der Waals surface area contributed by atoms with Gasteiger partial charge in [0.05, 0.1) is 11.8 Å². The van der Waals surface area contributed by atoms with E-state index in [1.54, 1.807) is 18.2 Å². The van der Waals surface area contributed by atoms with Crippen molar-refractivity contribution in [1.82, 2.24) is 0 Å². The summed E-state index contributed by atoms with van der Waals surface area (Å²) in [5.41, 5.74) is 6.14. The first kappa shape index (κ1) is 14.8. The van der Waals surface area contributed by atoms with Gasteiger partial charge in [0.25, 0.3) is 0 Å². The van der Waals surface area contributed by atoms with Crippen molar-refractivity contribution in [2.45, 2.75) is 12.5 Å². The monoisotopic (exact) mass is 299 g/mol. The molecular weight excluding hydrogens is 282 g/mol. The minimum Gasteiger partial charge on any atom is -0.486 e. The molecule has 20 heavy (non-hydrogen) atoms. The average Bonchev–Trinajstić information content (AvgIpc) is 2.42. The number of rotatable bonds is 5. The van der Waals surface area contributed by atoms with Gasteiger partial charge in [0, 0.05) is 11.8 Å². The Morgan fingerprint density at radius 2 is 1.95 bits per heavy atom. The number of nitrogens with two attached hydrogens (primary N) is 1. The lowest BCUT2D eigenvalue weighted by Crippen LogP contribution is -2.32. The fraction of sp³-hybridized carbons (Fsp3) is 0.462. The van der Waals surface area contributed by atoms with Crippen molar-refractivity contribution in [3.63, 3.8) is 0 Å². The van der Waals surface area contributed by atoms with Gasteiger partial charge in [-0.3, -0.25) is 4.79 Å². The molecule has 6 nitrogen and oxygen atoms in total. The largest absolute Gasteiger partial charge is 0.486 e. The number of fused-ring (bicyclic) bond motifs is 1. The van der Waals surface area contributed by atoms with Crippen LogP contribution in [0, 0.1) is 0 Å². The maximum atomic E-state index is 12.1. The smallest absolute Gasteiger partial charge is 0.179 e. The van der Waals surface area contributed by atoms with Crippen LogP contribution in [0.2, 0.25) is 0 Å². The number of carbonyl (C=O) groups excluding carboxylic acids is 1. The Morgan fingerprint density at radius 3 is 2.60 bits per heavy atom. The van der Waals surface area contributed by atoms with Crippen LogP contribution in [0.25, 0.3) is 0 Å². The summed E-state index contributed by atoms with van der Waals surface area (Å²) in [6.45, 7) is 0.916. The molecule has 2 N–H and O–H groups in total. The molecule has 1 aliphatic heterocycles. The highest BCUT2D eigenvalue weighted by atomic mass is 32.2. The topological polar surface area (TPSA) is 95.7 Å². The number of ketones is 1. The third kappa shape index (κ3) is 3.71. The molecule has 0 radical (unpaired) electrons. The third-order valence-corrected chi connectivity index (χ3v) is 3.94. The Labute approximate surface area is 117 Å². The molecule has 1 aliphatic rings. The summed E-state index contributed by atoms with van der Waals surface area (Å²) in [6.07, 6.45) is 1.22. The molecular formula is C13H17NO5S. The molecule has 110 valence electrons. The molecule has 0 saturated carbocycles. The first-order valence-electron chi connectivity index (χ1n) is 6.24. The van der Waals surface area contributed by atoms with E-state index < -0.39 is 15.9 Å². The van der Waals surface area contributed by atoms with Crippen LogP contribution in [-0.2, 0) is 9.84 Å². The van der Waals surface area contributed by atoms with Gasteiger partial charge in [-0.1, -0.05) is 0 Å². The van der Waals surface area contributed by atoms with Crippen LogP contribution >= 0.6 is 0 Å². The second-order valence-corrected chi connectivity index (χ2v) is 7.01. The second kappa shape index (κ2) is 5.80. The second-order valence-electron chi connectivity index (χ2n) is 4.75. The third-order valence-electron chi connectivity index (χ3n) is 2.96. The highest BCUT2D eigenvalue weighted by Crippen LogP contribution is 2.31. The molecule has 0 fully saturated rings. The van der Waals surface area contributed by atoms with Gasteiger partial charge in [-0.25, -0.2) is 8.42 Å². The van der Waals surface area contributed by atoms with E-state index in [1.807, 2.05) is 0 Å². The SMILES string of the molecule is CS(=O)(=O)CCC(N)C(=O)c1ccc2c(c1)OCCO2. The van der Waals surface area contributed by atoms with Crippen molar-refractivity contribution in [1.29, 1.82) is 0 Å². The number of sulfone groups is 1. The normalized spacial score (nSPS) is 15.7. The number of hydrogen-bond acceptors (Lipinski definition) is 6. The fourth-order valence-corrected chi connectivity index (χ4v) is 2.56. The van der Waals surface area contributed by atoms with Crippen molar-refractivity contribution in [2.75, 3.05) is 25.2 Å². The summed E-state index contributed by atoms with van der Waals surface area (Å²) in [7, 11) is -3.13. The fourth-order valence-electron chi connectivity index (χ4n) is 1.88. The molecule has 0 amide bonds. The average molecular weight is 299 g/mol. The van der Waals surface area contributed by atoms with Crippen molar-refractivity contribution >= 4 is 15.6 Å². The van der Waals surface area contributed by atoms with Crippen LogP contribution in [0.4, 0.5) is 0 Å². The van der Waals surface area contributed by atoms with Gasteiger partial charge in [0.15, 0.2) is 17.3 Å². The lowest BCUT2D eigenvalue weighted by atomic mass is 10.0.